The zero-order chi connectivity index (χ0) is 14.3. The summed E-state index contributed by atoms with van der Waals surface area (Å²) in [5.41, 5.74) is 0.753. The summed E-state index contributed by atoms with van der Waals surface area (Å²) in [7, 11) is 0. The monoisotopic (exact) mass is 349 g/mol. The van der Waals surface area contributed by atoms with Crippen LogP contribution < -0.4 is 0 Å². The van der Waals surface area contributed by atoms with E-state index in [1.165, 1.54) is 23.1 Å². The molecule has 2 heterocycles. The maximum absolute atomic E-state index is 10.7. The third-order valence-electron chi connectivity index (χ3n) is 2.80. The molecular formula is C11H9Cl2N3O2S2. The molecule has 0 amide bonds. The Morgan fingerprint density at radius 1 is 1.50 bits per heavy atom. The van der Waals surface area contributed by atoms with E-state index in [1.807, 2.05) is 4.57 Å². The minimum atomic E-state index is -0.876. The third kappa shape index (κ3) is 2.81. The summed E-state index contributed by atoms with van der Waals surface area (Å²) in [5, 5.41) is 17.6. The van der Waals surface area contributed by atoms with E-state index in [-0.39, 0.29) is 5.75 Å². The van der Waals surface area contributed by atoms with Gasteiger partial charge in [0.1, 0.15) is 4.34 Å². The summed E-state index contributed by atoms with van der Waals surface area (Å²) in [6, 6.07) is 2.09. The highest BCUT2D eigenvalue weighted by molar-refractivity contribution is 7.99. The lowest BCUT2D eigenvalue weighted by molar-refractivity contribution is -0.133. The van der Waals surface area contributed by atoms with Crippen molar-refractivity contribution in [2.24, 2.45) is 0 Å². The minimum absolute atomic E-state index is 0.0387. The fraction of sp³-hybridized carbons (Fsp3) is 0.364. The average Bonchev–Trinajstić information content (AvgIpc) is 3.04. The molecule has 3 rings (SSSR count). The molecule has 1 aliphatic carbocycles. The van der Waals surface area contributed by atoms with Crippen molar-refractivity contribution in [3.8, 4) is 11.4 Å². The summed E-state index contributed by atoms with van der Waals surface area (Å²) in [6.45, 7) is 0. The van der Waals surface area contributed by atoms with Crippen LogP contribution in [0.1, 0.15) is 18.9 Å². The van der Waals surface area contributed by atoms with Gasteiger partial charge in [0.05, 0.1) is 15.7 Å². The number of thiophene rings is 1. The molecule has 2 aromatic rings. The molecule has 1 fully saturated rings. The van der Waals surface area contributed by atoms with Crippen LogP contribution in [0.3, 0.4) is 0 Å². The van der Waals surface area contributed by atoms with Gasteiger partial charge in [0.2, 0.25) is 0 Å². The van der Waals surface area contributed by atoms with Crippen molar-refractivity contribution < 1.29 is 9.90 Å². The highest BCUT2D eigenvalue weighted by Crippen LogP contribution is 2.44. The second kappa shape index (κ2) is 5.55. The molecule has 0 saturated heterocycles. The summed E-state index contributed by atoms with van der Waals surface area (Å²) >= 11 is 14.6. The normalized spacial score (nSPS) is 14.7. The van der Waals surface area contributed by atoms with Crippen molar-refractivity contribution in [3.05, 3.63) is 14.7 Å². The Hall–Kier alpha value is -0.760. The number of carboxylic acid groups (broad SMARTS) is 1. The van der Waals surface area contributed by atoms with Crippen molar-refractivity contribution >= 4 is 52.3 Å². The van der Waals surface area contributed by atoms with E-state index >= 15 is 0 Å². The molecule has 2 aromatic heterocycles. The standard InChI is InChI=1S/C11H9Cl2N3O2S2/c12-7-3-6(9(13)20-7)10-14-15-11(19-4-8(17)18)16(10)5-1-2-5/h3,5H,1-2,4H2,(H,17,18). The largest absolute Gasteiger partial charge is 0.481 e. The van der Waals surface area contributed by atoms with Gasteiger partial charge < -0.3 is 5.11 Å². The fourth-order valence-corrected chi connectivity index (χ4v) is 4.02. The molecular weight excluding hydrogens is 341 g/mol. The first kappa shape index (κ1) is 14.2. The number of carboxylic acids is 1. The molecule has 0 radical (unpaired) electrons. The van der Waals surface area contributed by atoms with Crippen LogP contribution in [0.2, 0.25) is 8.67 Å². The van der Waals surface area contributed by atoms with Gasteiger partial charge in [-0.1, -0.05) is 35.0 Å². The Morgan fingerprint density at radius 3 is 2.80 bits per heavy atom. The molecule has 1 saturated carbocycles. The molecule has 0 bridgehead atoms. The van der Waals surface area contributed by atoms with E-state index in [4.69, 9.17) is 28.3 Å². The Labute approximate surface area is 132 Å². The van der Waals surface area contributed by atoms with Crippen molar-refractivity contribution in [2.75, 3.05) is 5.75 Å². The summed E-state index contributed by atoms with van der Waals surface area (Å²) in [6.07, 6.45) is 2.09. The zero-order valence-electron chi connectivity index (χ0n) is 10.0. The maximum atomic E-state index is 10.7. The van der Waals surface area contributed by atoms with Crippen LogP contribution in [0, 0.1) is 0 Å². The number of thioether (sulfide) groups is 1. The molecule has 0 atom stereocenters. The molecule has 0 aromatic carbocycles. The molecule has 0 aliphatic heterocycles. The molecule has 0 unspecified atom stereocenters. The van der Waals surface area contributed by atoms with Crippen LogP contribution in [0.15, 0.2) is 11.2 Å². The topological polar surface area (TPSA) is 68.0 Å². The first-order chi connectivity index (χ1) is 9.56. The summed E-state index contributed by atoms with van der Waals surface area (Å²) < 4.78 is 3.13. The van der Waals surface area contributed by atoms with Gasteiger partial charge in [-0.25, -0.2) is 0 Å². The molecule has 0 spiro atoms. The highest BCUT2D eigenvalue weighted by Gasteiger charge is 2.31. The lowest BCUT2D eigenvalue weighted by Crippen LogP contribution is -2.03. The van der Waals surface area contributed by atoms with Crippen LogP contribution in [0.4, 0.5) is 0 Å². The van der Waals surface area contributed by atoms with Crippen molar-refractivity contribution in [2.45, 2.75) is 24.0 Å². The van der Waals surface area contributed by atoms with Crippen LogP contribution in [0.25, 0.3) is 11.4 Å². The highest BCUT2D eigenvalue weighted by atomic mass is 35.5. The number of aromatic nitrogens is 3. The first-order valence-electron chi connectivity index (χ1n) is 5.81. The van der Waals surface area contributed by atoms with E-state index in [9.17, 15) is 4.79 Å². The van der Waals surface area contributed by atoms with Crippen LogP contribution in [-0.4, -0.2) is 31.6 Å². The van der Waals surface area contributed by atoms with Gasteiger partial charge in [0.15, 0.2) is 11.0 Å². The van der Waals surface area contributed by atoms with Gasteiger partial charge in [-0.05, 0) is 18.9 Å². The minimum Gasteiger partial charge on any atom is -0.481 e. The number of carbonyl (C=O) groups is 1. The van der Waals surface area contributed by atoms with Gasteiger partial charge in [0, 0.05) is 6.04 Å². The van der Waals surface area contributed by atoms with E-state index in [0.717, 1.165) is 18.4 Å². The van der Waals surface area contributed by atoms with E-state index < -0.39 is 5.97 Å². The summed E-state index contributed by atoms with van der Waals surface area (Å²) in [4.78, 5) is 10.7. The average molecular weight is 350 g/mol. The van der Waals surface area contributed by atoms with Crippen molar-refractivity contribution in [3.63, 3.8) is 0 Å². The molecule has 20 heavy (non-hydrogen) atoms. The summed E-state index contributed by atoms with van der Waals surface area (Å²) in [5.74, 6) is -0.254. The maximum Gasteiger partial charge on any atom is 0.313 e. The molecule has 9 heteroatoms. The molecule has 5 nitrogen and oxygen atoms in total. The molecule has 106 valence electrons. The van der Waals surface area contributed by atoms with Crippen LogP contribution >= 0.6 is 46.3 Å². The third-order valence-corrected chi connectivity index (χ3v) is 5.21. The second-order valence-electron chi connectivity index (χ2n) is 4.33. The number of rotatable bonds is 5. The lowest BCUT2D eigenvalue weighted by atomic mass is 10.3. The Kier molecular flexibility index (Phi) is 3.94. The van der Waals surface area contributed by atoms with Crippen LogP contribution in [0.5, 0.6) is 0 Å². The number of aliphatic carboxylic acids is 1. The first-order valence-corrected chi connectivity index (χ1v) is 8.36. The van der Waals surface area contributed by atoms with Gasteiger partial charge in [-0.3, -0.25) is 9.36 Å². The van der Waals surface area contributed by atoms with E-state index in [1.54, 1.807) is 6.07 Å². The Balaban J connectivity index is 1.99. The Bertz CT molecular complexity index is 667. The van der Waals surface area contributed by atoms with Crippen LogP contribution in [-0.2, 0) is 4.79 Å². The van der Waals surface area contributed by atoms with Gasteiger partial charge >= 0.3 is 5.97 Å². The fourth-order valence-electron chi connectivity index (χ4n) is 1.84. The lowest BCUT2D eigenvalue weighted by Gasteiger charge is -2.07. The van der Waals surface area contributed by atoms with Gasteiger partial charge in [-0.2, -0.15) is 0 Å². The Morgan fingerprint density at radius 2 is 2.25 bits per heavy atom. The molecule has 1 N–H and O–H groups in total. The van der Waals surface area contributed by atoms with E-state index in [0.29, 0.717) is 25.7 Å². The number of hydrogen-bond donors (Lipinski definition) is 1. The van der Waals surface area contributed by atoms with Gasteiger partial charge in [0.25, 0.3) is 0 Å². The SMILES string of the molecule is O=C(O)CSc1nnc(-c2cc(Cl)sc2Cl)n1C1CC1. The predicted molar refractivity (Wildman–Crippen MR) is 80.0 cm³/mol. The van der Waals surface area contributed by atoms with E-state index in [2.05, 4.69) is 10.2 Å². The van der Waals surface area contributed by atoms with Crippen molar-refractivity contribution in [1.82, 2.24) is 14.8 Å². The number of halogens is 2. The predicted octanol–water partition coefficient (Wildman–Crippen LogP) is 3.83. The second-order valence-corrected chi connectivity index (χ2v) is 7.56. The van der Waals surface area contributed by atoms with Crippen molar-refractivity contribution in [1.29, 1.82) is 0 Å². The van der Waals surface area contributed by atoms with Gasteiger partial charge in [-0.15, -0.1) is 21.5 Å². The number of hydrogen-bond acceptors (Lipinski definition) is 5. The smallest absolute Gasteiger partial charge is 0.313 e. The zero-order valence-corrected chi connectivity index (χ0v) is 13.2. The quantitative estimate of drug-likeness (QED) is 0.830. The number of nitrogens with zero attached hydrogens (tertiary/aromatic N) is 3. The molecule has 1 aliphatic rings.